The third-order valence-corrected chi connectivity index (χ3v) is 6.98. The van der Waals surface area contributed by atoms with Crippen molar-refractivity contribution in [3.8, 4) is 28.8 Å². The van der Waals surface area contributed by atoms with Crippen LogP contribution < -0.4 is 20.8 Å². The molecule has 0 fully saturated rings. The minimum atomic E-state index is -0.506. The zero-order valence-corrected chi connectivity index (χ0v) is 18.3. The monoisotopic (exact) mass is 476 g/mol. The smallest absolute Gasteiger partial charge is 0.278 e. The summed E-state index contributed by atoms with van der Waals surface area (Å²) in [5, 5.41) is 10.5. The summed E-state index contributed by atoms with van der Waals surface area (Å²) in [7, 11) is 0. The van der Waals surface area contributed by atoms with Gasteiger partial charge in [-0.05, 0) is 35.9 Å². The first-order valence-corrected chi connectivity index (χ1v) is 11.1. The van der Waals surface area contributed by atoms with Crippen molar-refractivity contribution in [1.29, 1.82) is 5.26 Å². The van der Waals surface area contributed by atoms with Gasteiger partial charge in [0.2, 0.25) is 12.8 Å². The Labute approximate surface area is 196 Å². The van der Waals surface area contributed by atoms with Gasteiger partial charge in [-0.2, -0.15) is 10.3 Å². The lowest BCUT2D eigenvalue weighted by atomic mass is 10.0. The Hall–Kier alpha value is -3.81. The van der Waals surface area contributed by atoms with Gasteiger partial charge in [0, 0.05) is 10.6 Å². The van der Waals surface area contributed by atoms with Crippen LogP contribution in [0.1, 0.15) is 17.2 Å². The highest BCUT2D eigenvalue weighted by Crippen LogP contribution is 2.43. The summed E-state index contributed by atoms with van der Waals surface area (Å²) in [6.07, 6.45) is 0. The lowest BCUT2D eigenvalue weighted by Gasteiger charge is -2.23. The number of nitrogens with two attached hydrogens (primary N) is 1. The number of hydrogen-bond acceptors (Lipinski definition) is 9. The summed E-state index contributed by atoms with van der Waals surface area (Å²) in [5.74, 6) is 1.60. The van der Waals surface area contributed by atoms with E-state index < -0.39 is 5.56 Å². The number of rotatable bonds is 2. The van der Waals surface area contributed by atoms with E-state index in [0.717, 1.165) is 5.56 Å². The van der Waals surface area contributed by atoms with E-state index in [4.69, 9.17) is 26.8 Å². The van der Waals surface area contributed by atoms with E-state index in [1.165, 1.54) is 16.3 Å². The van der Waals surface area contributed by atoms with Crippen molar-refractivity contribution in [2.45, 2.75) is 16.4 Å². The number of hydrogen-bond donors (Lipinski definition) is 1. The number of benzene rings is 2. The quantitative estimate of drug-likeness (QED) is 0.563. The molecule has 11 heteroatoms. The molecule has 162 valence electrons. The van der Waals surface area contributed by atoms with Crippen molar-refractivity contribution in [2.24, 2.45) is 15.7 Å². The number of aliphatic imine (C=N–C) groups is 2. The molecule has 3 aromatic rings. The van der Waals surface area contributed by atoms with Gasteiger partial charge in [0.1, 0.15) is 17.5 Å². The third-order valence-electron chi connectivity index (χ3n) is 5.53. The number of aromatic nitrogens is 2. The van der Waals surface area contributed by atoms with Crippen molar-refractivity contribution in [3.05, 3.63) is 69.0 Å². The Morgan fingerprint density at radius 1 is 1.18 bits per heavy atom. The lowest BCUT2D eigenvalue weighted by Crippen LogP contribution is -2.38. The first-order chi connectivity index (χ1) is 16.0. The average molecular weight is 477 g/mol. The summed E-state index contributed by atoms with van der Waals surface area (Å²) in [6.45, 7) is 0.120. The summed E-state index contributed by atoms with van der Waals surface area (Å²) >= 11 is 7.39. The maximum absolute atomic E-state index is 13.4. The van der Waals surface area contributed by atoms with Crippen LogP contribution in [0.3, 0.4) is 0 Å². The highest BCUT2D eigenvalue weighted by atomic mass is 35.5. The molecule has 9 nitrogen and oxygen atoms in total. The molecule has 0 radical (unpaired) electrons. The van der Waals surface area contributed by atoms with Gasteiger partial charge < -0.3 is 15.2 Å². The molecule has 33 heavy (non-hydrogen) atoms. The van der Waals surface area contributed by atoms with Gasteiger partial charge in [-0.1, -0.05) is 35.5 Å². The average Bonchev–Trinajstić information content (AvgIpc) is 3.43. The Bertz CT molecular complexity index is 1490. The molecule has 2 N–H and O–H groups in total. The number of thioether (sulfide) groups is 1. The summed E-state index contributed by atoms with van der Waals surface area (Å²) < 4.78 is 12.1. The molecule has 2 unspecified atom stereocenters. The fraction of sp³-hybridized carbons (Fsp3) is 0.136. The van der Waals surface area contributed by atoms with Gasteiger partial charge in [0.25, 0.3) is 5.56 Å². The van der Waals surface area contributed by atoms with Crippen LogP contribution in [0.4, 0.5) is 0 Å². The van der Waals surface area contributed by atoms with E-state index in [1.54, 1.807) is 30.3 Å². The first-order valence-electron chi connectivity index (χ1n) is 9.85. The molecule has 3 aliphatic heterocycles. The molecule has 4 heterocycles. The van der Waals surface area contributed by atoms with Crippen molar-refractivity contribution in [3.63, 3.8) is 0 Å². The summed E-state index contributed by atoms with van der Waals surface area (Å²) in [5.41, 5.74) is 7.14. The van der Waals surface area contributed by atoms with Crippen LogP contribution in [0.5, 0.6) is 11.5 Å². The normalized spacial score (nSPS) is 19.9. The number of nitriles is 1. The zero-order chi connectivity index (χ0) is 22.7. The number of guanidine groups is 1. The molecule has 0 aliphatic carbocycles. The molecule has 0 amide bonds. The number of ether oxygens (including phenoxy) is 2. The van der Waals surface area contributed by atoms with E-state index in [-0.39, 0.29) is 35.3 Å². The molecule has 2 aromatic carbocycles. The van der Waals surface area contributed by atoms with Gasteiger partial charge in [0.05, 0.1) is 17.0 Å². The number of halogens is 1. The molecular weight excluding hydrogens is 464 g/mol. The van der Waals surface area contributed by atoms with Crippen molar-refractivity contribution < 1.29 is 9.47 Å². The molecule has 0 saturated heterocycles. The van der Waals surface area contributed by atoms with E-state index in [2.05, 4.69) is 15.0 Å². The molecule has 1 aromatic heterocycles. The highest BCUT2D eigenvalue weighted by Gasteiger charge is 2.41. The van der Waals surface area contributed by atoms with Gasteiger partial charge in [-0.15, -0.1) is 0 Å². The predicted molar refractivity (Wildman–Crippen MR) is 123 cm³/mol. The summed E-state index contributed by atoms with van der Waals surface area (Å²) in [4.78, 5) is 27.0. The van der Waals surface area contributed by atoms with Crippen LogP contribution in [-0.4, -0.2) is 33.4 Å². The van der Waals surface area contributed by atoms with Crippen LogP contribution >= 0.6 is 23.4 Å². The SMILES string of the molecule is N#Cc1c(-c2ccc3c(c2)OCO3)nc2n(c1=O)C1=NC(N)=NC(c3ccc(Cl)cc3)C1S2. The van der Waals surface area contributed by atoms with Gasteiger partial charge >= 0.3 is 0 Å². The van der Waals surface area contributed by atoms with Crippen LogP contribution in [0.2, 0.25) is 5.02 Å². The second-order valence-electron chi connectivity index (χ2n) is 7.43. The maximum atomic E-state index is 13.4. The van der Waals surface area contributed by atoms with Crippen molar-refractivity contribution in [2.75, 3.05) is 6.79 Å². The predicted octanol–water partition coefficient (Wildman–Crippen LogP) is 2.95. The topological polar surface area (TPSA) is 128 Å². The van der Waals surface area contributed by atoms with Crippen LogP contribution in [-0.2, 0) is 0 Å². The van der Waals surface area contributed by atoms with E-state index in [9.17, 15) is 10.1 Å². The lowest BCUT2D eigenvalue weighted by molar-refractivity contribution is 0.174. The second kappa shape index (κ2) is 7.37. The minimum Gasteiger partial charge on any atom is -0.454 e. The van der Waals surface area contributed by atoms with E-state index in [0.29, 0.717) is 33.1 Å². The van der Waals surface area contributed by atoms with Gasteiger partial charge in [0.15, 0.2) is 16.7 Å². The molecule has 0 spiro atoms. The van der Waals surface area contributed by atoms with Crippen LogP contribution in [0.25, 0.3) is 11.3 Å². The van der Waals surface area contributed by atoms with Gasteiger partial charge in [-0.3, -0.25) is 4.79 Å². The Kier molecular flexibility index (Phi) is 4.43. The number of nitrogens with zero attached hydrogens (tertiary/aromatic N) is 5. The second-order valence-corrected chi connectivity index (χ2v) is 8.98. The highest BCUT2D eigenvalue weighted by molar-refractivity contribution is 8.01. The first kappa shape index (κ1) is 19.8. The van der Waals surface area contributed by atoms with Crippen molar-refractivity contribution >= 4 is 35.2 Å². The maximum Gasteiger partial charge on any atom is 0.278 e. The zero-order valence-electron chi connectivity index (χ0n) is 16.7. The van der Waals surface area contributed by atoms with E-state index >= 15 is 0 Å². The molecule has 0 saturated carbocycles. The minimum absolute atomic E-state index is 0.0555. The fourth-order valence-corrected chi connectivity index (χ4v) is 5.40. The summed E-state index contributed by atoms with van der Waals surface area (Å²) in [6, 6.07) is 14.1. The Morgan fingerprint density at radius 2 is 1.97 bits per heavy atom. The molecular formula is C22H13ClN6O3S. The van der Waals surface area contributed by atoms with Gasteiger partial charge in [-0.25, -0.2) is 14.5 Å². The van der Waals surface area contributed by atoms with Crippen LogP contribution in [0, 0.1) is 11.3 Å². The molecule has 0 bridgehead atoms. The van der Waals surface area contributed by atoms with Crippen molar-refractivity contribution in [1.82, 2.24) is 9.55 Å². The van der Waals surface area contributed by atoms with E-state index in [1.807, 2.05) is 18.2 Å². The Balaban J connectivity index is 1.49. The third kappa shape index (κ3) is 3.08. The van der Waals surface area contributed by atoms with Crippen LogP contribution in [0.15, 0.2) is 62.4 Å². The number of fused-ring (bicyclic) bond motifs is 4. The molecule has 2 atom stereocenters. The Morgan fingerprint density at radius 3 is 2.76 bits per heavy atom. The largest absolute Gasteiger partial charge is 0.454 e. The standard InChI is InChI=1S/C22H13ClN6O3S/c23-12-4-1-10(2-5-12)17-18-19(28-21(25)26-17)29-20(30)13(8-24)16(27-22(29)33-18)11-3-6-14-15(7-11)32-9-31-14/h1-7,17-18H,9H2,(H2,25,26). The fourth-order valence-electron chi connectivity index (χ4n) is 4.01. The molecule has 3 aliphatic rings. The molecule has 6 rings (SSSR count).